The molecule has 0 bridgehead atoms. The van der Waals surface area contributed by atoms with Crippen molar-refractivity contribution in [1.82, 2.24) is 5.01 Å². The van der Waals surface area contributed by atoms with E-state index in [0.717, 1.165) is 0 Å². The zero-order chi connectivity index (χ0) is 19.6. The van der Waals surface area contributed by atoms with Crippen molar-refractivity contribution in [3.05, 3.63) is 0 Å². The number of hydrazone groups is 1. The van der Waals surface area contributed by atoms with Crippen LogP contribution in [0.15, 0.2) is 5.10 Å². The van der Waals surface area contributed by atoms with E-state index >= 15 is 0 Å². The molecule has 0 spiro atoms. The number of ether oxygens (including phenoxy) is 2. The maximum absolute atomic E-state index is 12.4. The number of alkyl halides is 4. The van der Waals surface area contributed by atoms with Crippen molar-refractivity contribution in [2.75, 3.05) is 26.8 Å². The van der Waals surface area contributed by atoms with Crippen LogP contribution in [-0.4, -0.2) is 68.1 Å². The topological polar surface area (TPSA) is 85.3 Å². The Balaban J connectivity index is 0.000000477. The molecule has 11 heteroatoms. The number of carbonyl (C=O) groups is 3. The average Bonchev–Trinajstić information content (AvgIpc) is 2.90. The van der Waals surface area contributed by atoms with Crippen LogP contribution < -0.4 is 0 Å². The summed E-state index contributed by atoms with van der Waals surface area (Å²) < 4.78 is 56.7. The molecule has 25 heavy (non-hydrogen) atoms. The van der Waals surface area contributed by atoms with E-state index in [4.69, 9.17) is 0 Å². The molecule has 1 unspecified atom stereocenters. The largest absolute Gasteiger partial charge is 0.466 e. The van der Waals surface area contributed by atoms with Crippen molar-refractivity contribution < 1.29 is 41.4 Å². The average molecular weight is 372 g/mol. The summed E-state index contributed by atoms with van der Waals surface area (Å²) in [6.07, 6.45) is -6.63. The summed E-state index contributed by atoms with van der Waals surface area (Å²) in [4.78, 5) is 31.8. The number of ketones is 1. The zero-order valence-electron chi connectivity index (χ0n) is 14.0. The third kappa shape index (κ3) is 8.45. The van der Waals surface area contributed by atoms with Gasteiger partial charge in [-0.15, -0.1) is 0 Å². The summed E-state index contributed by atoms with van der Waals surface area (Å²) >= 11 is 0. The Bertz CT molecular complexity index is 500. The van der Waals surface area contributed by atoms with Gasteiger partial charge in [-0.25, -0.2) is 17.6 Å². The summed E-state index contributed by atoms with van der Waals surface area (Å²) in [5, 5.41) is 4.89. The zero-order valence-corrected chi connectivity index (χ0v) is 14.0. The van der Waals surface area contributed by atoms with Crippen molar-refractivity contribution in [2.24, 2.45) is 11.0 Å². The van der Waals surface area contributed by atoms with Crippen LogP contribution >= 0.6 is 0 Å². The lowest BCUT2D eigenvalue weighted by molar-refractivity contribution is -0.148. The molecule has 0 aromatic rings. The van der Waals surface area contributed by atoms with Crippen molar-refractivity contribution >= 4 is 23.4 Å². The van der Waals surface area contributed by atoms with Gasteiger partial charge in [-0.2, -0.15) is 5.10 Å². The van der Waals surface area contributed by atoms with E-state index in [-0.39, 0.29) is 19.8 Å². The molecule has 0 aliphatic carbocycles. The first-order valence-corrected chi connectivity index (χ1v) is 7.34. The summed E-state index contributed by atoms with van der Waals surface area (Å²) in [6.45, 7) is 3.62. The van der Waals surface area contributed by atoms with Crippen molar-refractivity contribution in [3.63, 3.8) is 0 Å². The van der Waals surface area contributed by atoms with E-state index < -0.39 is 48.6 Å². The van der Waals surface area contributed by atoms with Gasteiger partial charge >= 0.3 is 11.9 Å². The molecule has 0 fully saturated rings. The van der Waals surface area contributed by atoms with Gasteiger partial charge in [0.2, 0.25) is 5.78 Å². The number of rotatable bonds is 7. The van der Waals surface area contributed by atoms with E-state index in [1.807, 2.05) is 0 Å². The molecule has 1 heterocycles. The van der Waals surface area contributed by atoms with Gasteiger partial charge in [0.05, 0.1) is 19.8 Å². The molecular formula is C14H20F4N2O5. The van der Waals surface area contributed by atoms with Gasteiger partial charge in [-0.1, -0.05) is 0 Å². The Morgan fingerprint density at radius 3 is 2.16 bits per heavy atom. The van der Waals surface area contributed by atoms with Crippen LogP contribution in [0.3, 0.4) is 0 Å². The first kappa shape index (κ1) is 22.8. The third-order valence-electron chi connectivity index (χ3n) is 2.75. The first-order valence-electron chi connectivity index (χ1n) is 7.34. The second-order valence-corrected chi connectivity index (χ2v) is 4.72. The van der Waals surface area contributed by atoms with Gasteiger partial charge in [0.1, 0.15) is 18.1 Å². The maximum atomic E-state index is 12.4. The first-order chi connectivity index (χ1) is 11.6. The molecule has 0 aromatic carbocycles. The number of esters is 2. The Morgan fingerprint density at radius 2 is 1.72 bits per heavy atom. The standard InChI is InChI=1S/C8H12F2N2O2.C6H8F2O3/c1-3-14-8(13)5-4-12(2)11-6(5)7(9)10;1-2-11-5(10)3-4(9)6(7)8/h5,7H,3-4H2,1-2H3;6H,2-3H2,1H3. The molecule has 0 radical (unpaired) electrons. The minimum atomic E-state index is -3.08. The van der Waals surface area contributed by atoms with Crippen molar-refractivity contribution in [1.29, 1.82) is 0 Å². The van der Waals surface area contributed by atoms with Crippen molar-refractivity contribution in [2.45, 2.75) is 33.1 Å². The number of carbonyl (C=O) groups excluding carboxylic acids is 3. The summed E-state index contributed by atoms with van der Waals surface area (Å²) in [6, 6.07) is 0. The summed E-state index contributed by atoms with van der Waals surface area (Å²) in [7, 11) is 1.54. The highest BCUT2D eigenvalue weighted by molar-refractivity contribution is 6.05. The van der Waals surface area contributed by atoms with Gasteiger partial charge in [-0.05, 0) is 13.8 Å². The molecule has 1 atom stereocenters. The van der Waals surface area contributed by atoms with Crippen molar-refractivity contribution in [3.8, 4) is 0 Å². The minimum absolute atomic E-state index is 0.0926. The molecular weight excluding hydrogens is 352 g/mol. The lowest BCUT2D eigenvalue weighted by Gasteiger charge is -2.10. The fourth-order valence-corrected chi connectivity index (χ4v) is 1.73. The van der Waals surface area contributed by atoms with Gasteiger partial charge < -0.3 is 9.47 Å². The maximum Gasteiger partial charge on any atom is 0.316 e. The summed E-state index contributed by atoms with van der Waals surface area (Å²) in [5.41, 5.74) is -0.397. The molecule has 7 nitrogen and oxygen atoms in total. The molecule has 0 saturated heterocycles. The molecule has 1 rings (SSSR count). The molecule has 1 aliphatic heterocycles. The highest BCUT2D eigenvalue weighted by Crippen LogP contribution is 2.18. The SMILES string of the molecule is CCOC(=O)C1CN(C)N=C1C(F)F.CCOC(=O)CC(=O)C(F)F. The van der Waals surface area contributed by atoms with Gasteiger partial charge in [0.15, 0.2) is 0 Å². The Hall–Kier alpha value is -2.20. The molecule has 0 saturated carbocycles. The molecule has 144 valence electrons. The predicted octanol–water partition coefficient (Wildman–Crippen LogP) is 1.51. The van der Waals surface area contributed by atoms with Crippen LogP contribution in [0, 0.1) is 5.92 Å². The van der Waals surface area contributed by atoms with Gasteiger partial charge in [0.25, 0.3) is 12.9 Å². The van der Waals surface area contributed by atoms with E-state index in [1.165, 1.54) is 11.9 Å². The molecule has 1 aliphatic rings. The molecule has 0 aromatic heterocycles. The third-order valence-corrected chi connectivity index (χ3v) is 2.75. The predicted molar refractivity (Wildman–Crippen MR) is 78.5 cm³/mol. The van der Waals surface area contributed by atoms with E-state index in [9.17, 15) is 31.9 Å². The summed E-state index contributed by atoms with van der Waals surface area (Å²) in [5.74, 6) is -3.85. The number of Topliss-reactive ketones (excluding diaryl/α,β-unsaturated/α-hetero) is 1. The number of hydrogen-bond donors (Lipinski definition) is 0. The second kappa shape index (κ2) is 11.4. The van der Waals surface area contributed by atoms with Crippen LogP contribution in [0.5, 0.6) is 0 Å². The van der Waals surface area contributed by atoms with Crippen LogP contribution in [0.4, 0.5) is 17.6 Å². The number of hydrogen-bond acceptors (Lipinski definition) is 7. The lowest BCUT2D eigenvalue weighted by Crippen LogP contribution is -2.31. The quantitative estimate of drug-likeness (QED) is 0.383. The van der Waals surface area contributed by atoms with E-state index in [2.05, 4.69) is 14.6 Å². The van der Waals surface area contributed by atoms with Crippen LogP contribution in [0.1, 0.15) is 20.3 Å². The second-order valence-electron chi connectivity index (χ2n) is 4.72. The van der Waals surface area contributed by atoms with E-state index in [1.54, 1.807) is 14.0 Å². The molecule has 0 amide bonds. The molecule has 0 N–H and O–H groups in total. The van der Waals surface area contributed by atoms with E-state index in [0.29, 0.717) is 0 Å². The highest BCUT2D eigenvalue weighted by atomic mass is 19.3. The lowest BCUT2D eigenvalue weighted by atomic mass is 10.1. The minimum Gasteiger partial charge on any atom is -0.466 e. The van der Waals surface area contributed by atoms with Crippen LogP contribution in [0.25, 0.3) is 0 Å². The van der Waals surface area contributed by atoms with Gasteiger partial charge in [-0.3, -0.25) is 19.4 Å². The Morgan fingerprint density at radius 1 is 1.16 bits per heavy atom. The fourth-order valence-electron chi connectivity index (χ4n) is 1.73. The monoisotopic (exact) mass is 372 g/mol. The van der Waals surface area contributed by atoms with Gasteiger partial charge in [0, 0.05) is 7.05 Å². The normalized spacial score (nSPS) is 16.3. The Kier molecular flexibility index (Phi) is 10.4. The highest BCUT2D eigenvalue weighted by Gasteiger charge is 2.37. The van der Waals surface area contributed by atoms with Crippen LogP contribution in [0.2, 0.25) is 0 Å². The Labute approximate surface area is 141 Å². The number of nitrogens with zero attached hydrogens (tertiary/aromatic N) is 2. The fraction of sp³-hybridized carbons (Fsp3) is 0.714. The number of halogens is 4. The smallest absolute Gasteiger partial charge is 0.316 e. The van der Waals surface area contributed by atoms with Crippen LogP contribution in [-0.2, 0) is 23.9 Å².